The Morgan fingerprint density at radius 1 is 1.26 bits per heavy atom. The number of amides is 1. The lowest BCUT2D eigenvalue weighted by Crippen LogP contribution is -2.32. The zero-order valence-electron chi connectivity index (χ0n) is 19.8. The number of para-hydroxylation sites is 2. The van der Waals surface area contributed by atoms with E-state index in [1.807, 2.05) is 13.0 Å². The van der Waals surface area contributed by atoms with Gasteiger partial charge in [-0.2, -0.15) is 4.98 Å². The Bertz CT molecular complexity index is 1240. The van der Waals surface area contributed by atoms with E-state index in [0.29, 0.717) is 34.8 Å². The Balaban J connectivity index is 1.77. The molecule has 1 aliphatic rings. The molecule has 0 aliphatic carbocycles. The summed E-state index contributed by atoms with van der Waals surface area (Å²) in [4.78, 5) is 18.2. The molecule has 0 bridgehead atoms. The van der Waals surface area contributed by atoms with Crippen LogP contribution >= 0.6 is 23.4 Å². The van der Waals surface area contributed by atoms with Crippen LogP contribution in [0.4, 0.5) is 16.0 Å². The number of hydrogen-bond acceptors (Lipinski definition) is 6. The summed E-state index contributed by atoms with van der Waals surface area (Å²) in [5, 5.41) is 11.5. The van der Waals surface area contributed by atoms with Gasteiger partial charge in [0.25, 0.3) is 5.91 Å². The first-order valence-electron chi connectivity index (χ1n) is 11.5. The average molecular weight is 516 g/mol. The summed E-state index contributed by atoms with van der Waals surface area (Å²) in [6.45, 7) is 6.19. The molecule has 2 aromatic carbocycles. The van der Waals surface area contributed by atoms with E-state index in [0.717, 1.165) is 18.6 Å². The van der Waals surface area contributed by atoms with Crippen LogP contribution in [-0.2, 0) is 4.79 Å². The van der Waals surface area contributed by atoms with Crippen LogP contribution in [0, 0.1) is 5.82 Å². The number of thioether (sulfide) groups is 1. The van der Waals surface area contributed by atoms with E-state index in [1.54, 1.807) is 31.2 Å². The number of benzene rings is 2. The fourth-order valence-corrected chi connectivity index (χ4v) is 5.05. The highest BCUT2D eigenvalue weighted by molar-refractivity contribution is 7.99. The summed E-state index contributed by atoms with van der Waals surface area (Å²) >= 11 is 8.00. The topological polar surface area (TPSA) is 81.1 Å². The molecule has 2 heterocycles. The molecule has 35 heavy (non-hydrogen) atoms. The number of allylic oxidation sites excluding steroid dienone is 1. The second kappa shape index (κ2) is 11.1. The van der Waals surface area contributed by atoms with Crippen LogP contribution in [0.25, 0.3) is 0 Å². The Kier molecular flexibility index (Phi) is 7.97. The SMILES string of the molecule is CCCCSc1nc2n(n1)C(c1c(F)cccc1Cl)C(C(=O)Nc1ccccc1OCC)=C(C)N2. The summed E-state index contributed by atoms with van der Waals surface area (Å²) < 4.78 is 22.4. The minimum absolute atomic E-state index is 0.162. The highest BCUT2D eigenvalue weighted by atomic mass is 35.5. The van der Waals surface area contributed by atoms with Gasteiger partial charge in [0, 0.05) is 22.0 Å². The van der Waals surface area contributed by atoms with Crippen molar-refractivity contribution in [2.75, 3.05) is 23.0 Å². The van der Waals surface area contributed by atoms with Gasteiger partial charge in [0.2, 0.25) is 11.1 Å². The third-order valence-electron chi connectivity index (χ3n) is 5.52. The minimum Gasteiger partial charge on any atom is -0.492 e. The lowest BCUT2D eigenvalue weighted by Gasteiger charge is -2.29. The van der Waals surface area contributed by atoms with Crippen molar-refractivity contribution in [1.29, 1.82) is 0 Å². The highest BCUT2D eigenvalue weighted by Gasteiger charge is 2.37. The summed E-state index contributed by atoms with van der Waals surface area (Å²) in [5.41, 5.74) is 1.49. The zero-order valence-corrected chi connectivity index (χ0v) is 21.3. The van der Waals surface area contributed by atoms with Gasteiger partial charge in [0.15, 0.2) is 0 Å². The minimum atomic E-state index is -0.910. The Labute approximate surface area is 213 Å². The van der Waals surface area contributed by atoms with Crippen LogP contribution in [0.5, 0.6) is 5.75 Å². The molecule has 0 radical (unpaired) electrons. The number of carbonyl (C=O) groups is 1. The van der Waals surface area contributed by atoms with Crippen molar-refractivity contribution in [2.45, 2.75) is 44.8 Å². The molecule has 2 N–H and O–H groups in total. The maximum Gasteiger partial charge on any atom is 0.255 e. The Morgan fingerprint density at radius 3 is 2.80 bits per heavy atom. The summed E-state index contributed by atoms with van der Waals surface area (Å²) in [7, 11) is 0. The van der Waals surface area contributed by atoms with E-state index < -0.39 is 17.8 Å². The van der Waals surface area contributed by atoms with Crippen LogP contribution in [-0.4, -0.2) is 33.0 Å². The third-order valence-corrected chi connectivity index (χ3v) is 6.77. The number of hydrogen-bond donors (Lipinski definition) is 2. The van der Waals surface area contributed by atoms with Gasteiger partial charge in [0.05, 0.1) is 17.9 Å². The summed E-state index contributed by atoms with van der Waals surface area (Å²) in [5.74, 6) is 0.879. The van der Waals surface area contributed by atoms with Crippen molar-refractivity contribution in [1.82, 2.24) is 14.8 Å². The number of halogens is 2. The monoisotopic (exact) mass is 515 g/mol. The summed E-state index contributed by atoms with van der Waals surface area (Å²) in [6, 6.07) is 10.7. The molecule has 1 amide bonds. The van der Waals surface area contributed by atoms with E-state index in [9.17, 15) is 4.79 Å². The molecule has 1 atom stereocenters. The normalized spacial score (nSPS) is 14.9. The zero-order chi connectivity index (χ0) is 24.9. The van der Waals surface area contributed by atoms with Gasteiger partial charge in [-0.3, -0.25) is 4.79 Å². The molecule has 10 heteroatoms. The maximum absolute atomic E-state index is 15.2. The predicted octanol–water partition coefficient (Wildman–Crippen LogP) is 6.29. The van der Waals surface area contributed by atoms with Gasteiger partial charge in [-0.1, -0.05) is 54.9 Å². The fraction of sp³-hybridized carbons (Fsp3) is 0.320. The van der Waals surface area contributed by atoms with Gasteiger partial charge in [-0.05, 0) is 44.5 Å². The number of fused-ring (bicyclic) bond motifs is 1. The molecule has 0 spiro atoms. The molecule has 184 valence electrons. The molecular formula is C25H27ClFN5O2S. The van der Waals surface area contributed by atoms with E-state index in [1.165, 1.54) is 28.6 Å². The highest BCUT2D eigenvalue weighted by Crippen LogP contribution is 2.40. The molecule has 0 saturated heterocycles. The van der Waals surface area contributed by atoms with Gasteiger partial charge in [0.1, 0.15) is 17.6 Å². The van der Waals surface area contributed by atoms with Crippen LogP contribution in [0.1, 0.15) is 45.2 Å². The van der Waals surface area contributed by atoms with Gasteiger partial charge in [-0.25, -0.2) is 9.07 Å². The molecule has 1 aliphatic heterocycles. The predicted molar refractivity (Wildman–Crippen MR) is 138 cm³/mol. The standard InChI is InChI=1S/C25H27ClFN5O2S/c1-4-6-14-35-25-30-24-28-15(3)20(23(33)29-18-12-7-8-13-19(18)34-5-2)22(32(24)31-25)21-16(26)10-9-11-17(21)27/h7-13,22H,4-6,14H2,1-3H3,(H,29,33)(H,28,30,31). The number of rotatable bonds is 9. The molecule has 1 unspecified atom stereocenters. The molecular weight excluding hydrogens is 489 g/mol. The van der Waals surface area contributed by atoms with Crippen molar-refractivity contribution in [3.63, 3.8) is 0 Å². The molecule has 4 rings (SSSR count). The smallest absolute Gasteiger partial charge is 0.255 e. The second-order valence-electron chi connectivity index (χ2n) is 7.95. The first kappa shape index (κ1) is 25.1. The molecule has 0 fully saturated rings. The second-order valence-corrected chi connectivity index (χ2v) is 9.42. The largest absolute Gasteiger partial charge is 0.492 e. The quantitative estimate of drug-likeness (QED) is 0.257. The van der Waals surface area contributed by atoms with Crippen LogP contribution in [0.15, 0.2) is 58.9 Å². The first-order valence-corrected chi connectivity index (χ1v) is 12.8. The molecule has 0 saturated carbocycles. The number of carbonyl (C=O) groups excluding carboxylic acids is 1. The lowest BCUT2D eigenvalue weighted by molar-refractivity contribution is -0.113. The molecule has 3 aromatic rings. The van der Waals surface area contributed by atoms with Crippen molar-refractivity contribution < 1.29 is 13.9 Å². The Hall–Kier alpha value is -3.04. The Morgan fingerprint density at radius 2 is 2.06 bits per heavy atom. The van der Waals surface area contributed by atoms with Crippen molar-refractivity contribution in [3.8, 4) is 5.75 Å². The molecule has 7 nitrogen and oxygen atoms in total. The number of unbranched alkanes of at least 4 members (excludes halogenated alkanes) is 1. The van der Waals surface area contributed by atoms with Gasteiger partial charge >= 0.3 is 0 Å². The van der Waals surface area contributed by atoms with E-state index in [-0.39, 0.29) is 16.2 Å². The van der Waals surface area contributed by atoms with Crippen LogP contribution in [0.2, 0.25) is 5.02 Å². The number of nitrogens with zero attached hydrogens (tertiary/aromatic N) is 3. The van der Waals surface area contributed by atoms with Crippen LogP contribution < -0.4 is 15.4 Å². The van der Waals surface area contributed by atoms with E-state index in [4.69, 9.17) is 16.3 Å². The first-order chi connectivity index (χ1) is 16.9. The number of ether oxygens (including phenoxy) is 1. The van der Waals surface area contributed by atoms with Crippen molar-refractivity contribution in [3.05, 3.63) is 70.1 Å². The number of anilines is 2. The van der Waals surface area contributed by atoms with Gasteiger partial charge in [-0.15, -0.1) is 5.10 Å². The number of aromatic nitrogens is 3. The molecule has 1 aromatic heterocycles. The average Bonchev–Trinajstić information content (AvgIpc) is 3.22. The maximum atomic E-state index is 15.2. The third kappa shape index (κ3) is 5.31. The fourth-order valence-electron chi connectivity index (χ4n) is 3.87. The van der Waals surface area contributed by atoms with E-state index in [2.05, 4.69) is 27.6 Å². The van der Waals surface area contributed by atoms with Crippen LogP contribution in [0.3, 0.4) is 0 Å². The number of nitrogens with one attached hydrogen (secondary N) is 2. The van der Waals surface area contributed by atoms with Crippen molar-refractivity contribution >= 4 is 40.9 Å². The van der Waals surface area contributed by atoms with E-state index >= 15 is 4.39 Å². The van der Waals surface area contributed by atoms with Crippen molar-refractivity contribution in [2.24, 2.45) is 0 Å². The summed E-state index contributed by atoms with van der Waals surface area (Å²) in [6.07, 6.45) is 2.08. The lowest BCUT2D eigenvalue weighted by atomic mass is 9.94. The van der Waals surface area contributed by atoms with Gasteiger partial charge < -0.3 is 15.4 Å².